The van der Waals surface area contributed by atoms with Crippen LogP contribution in [0.15, 0.2) is 18.2 Å². The van der Waals surface area contributed by atoms with E-state index in [-0.39, 0.29) is 0 Å². The average molecular weight is 185 g/mol. The van der Waals surface area contributed by atoms with E-state index >= 15 is 0 Å². The Kier molecular flexibility index (Phi) is 3.53. The molecule has 0 saturated carbocycles. The van der Waals surface area contributed by atoms with Gasteiger partial charge in [0.2, 0.25) is 0 Å². The van der Waals surface area contributed by atoms with Gasteiger partial charge in [-0.2, -0.15) is 0 Å². The van der Waals surface area contributed by atoms with Gasteiger partial charge in [-0.1, -0.05) is 17.7 Å². The van der Waals surface area contributed by atoms with Gasteiger partial charge in [0.15, 0.2) is 0 Å². The molecule has 3 N–H and O–H groups in total. The molecule has 0 spiro atoms. The van der Waals surface area contributed by atoms with Crippen LogP contribution in [0.1, 0.15) is 11.1 Å². The second kappa shape index (κ2) is 4.45. The van der Waals surface area contributed by atoms with Crippen LogP contribution in [0.25, 0.3) is 0 Å². The number of rotatable bonds is 3. The molecule has 0 unspecified atom stereocenters. The molecule has 0 bridgehead atoms. The molecule has 12 heavy (non-hydrogen) atoms. The van der Waals surface area contributed by atoms with Gasteiger partial charge < -0.3 is 11.1 Å². The minimum absolute atomic E-state index is 0.539. The van der Waals surface area contributed by atoms with E-state index in [1.54, 1.807) is 0 Å². The van der Waals surface area contributed by atoms with Gasteiger partial charge >= 0.3 is 0 Å². The average Bonchev–Trinajstić information content (AvgIpc) is 2.04. The summed E-state index contributed by atoms with van der Waals surface area (Å²) in [6, 6.07) is 5.89. The van der Waals surface area contributed by atoms with E-state index in [0.29, 0.717) is 6.54 Å². The predicted molar refractivity (Wildman–Crippen MR) is 52.1 cm³/mol. The minimum Gasteiger partial charge on any atom is -0.326 e. The molecule has 0 fully saturated rings. The highest BCUT2D eigenvalue weighted by atomic mass is 35.5. The van der Waals surface area contributed by atoms with Crippen LogP contribution in [0, 0.1) is 0 Å². The van der Waals surface area contributed by atoms with Gasteiger partial charge in [-0.25, -0.2) is 0 Å². The lowest BCUT2D eigenvalue weighted by molar-refractivity contribution is 0.815. The number of hydrogen-bond donors (Lipinski definition) is 2. The summed E-state index contributed by atoms with van der Waals surface area (Å²) in [5.74, 6) is 0. The SMILES string of the molecule is CNCc1cc(Cl)cc(CN)c1. The molecule has 0 aliphatic rings. The summed E-state index contributed by atoms with van der Waals surface area (Å²) in [4.78, 5) is 0. The first-order valence-corrected chi connectivity index (χ1v) is 4.27. The summed E-state index contributed by atoms with van der Waals surface area (Å²) in [5.41, 5.74) is 7.75. The van der Waals surface area contributed by atoms with E-state index in [4.69, 9.17) is 17.3 Å². The Morgan fingerprint density at radius 1 is 1.33 bits per heavy atom. The molecule has 0 atom stereocenters. The van der Waals surface area contributed by atoms with Crippen molar-refractivity contribution in [2.75, 3.05) is 7.05 Å². The van der Waals surface area contributed by atoms with Gasteiger partial charge in [0.25, 0.3) is 0 Å². The summed E-state index contributed by atoms with van der Waals surface area (Å²) in [7, 11) is 1.91. The minimum atomic E-state index is 0.539. The van der Waals surface area contributed by atoms with Crippen LogP contribution < -0.4 is 11.1 Å². The van der Waals surface area contributed by atoms with Gasteiger partial charge in [0.05, 0.1) is 0 Å². The van der Waals surface area contributed by atoms with Crippen LogP contribution in [0.4, 0.5) is 0 Å². The molecule has 1 rings (SSSR count). The van der Waals surface area contributed by atoms with Crippen molar-refractivity contribution in [2.24, 2.45) is 5.73 Å². The molecular weight excluding hydrogens is 172 g/mol. The fourth-order valence-electron chi connectivity index (χ4n) is 1.14. The molecule has 3 heteroatoms. The molecule has 0 saturated heterocycles. The number of hydrogen-bond acceptors (Lipinski definition) is 2. The first-order valence-electron chi connectivity index (χ1n) is 3.89. The number of nitrogens with two attached hydrogens (primary N) is 1. The van der Waals surface area contributed by atoms with Crippen LogP contribution in [0.2, 0.25) is 5.02 Å². The summed E-state index contributed by atoms with van der Waals surface area (Å²) in [6.07, 6.45) is 0. The third-order valence-corrected chi connectivity index (χ3v) is 1.85. The lowest BCUT2D eigenvalue weighted by atomic mass is 10.1. The number of nitrogens with one attached hydrogen (secondary N) is 1. The van der Waals surface area contributed by atoms with Crippen molar-refractivity contribution < 1.29 is 0 Å². The van der Waals surface area contributed by atoms with Crippen molar-refractivity contribution in [1.29, 1.82) is 0 Å². The maximum atomic E-state index is 5.88. The first kappa shape index (κ1) is 9.52. The zero-order valence-electron chi connectivity index (χ0n) is 7.10. The zero-order valence-corrected chi connectivity index (χ0v) is 7.86. The monoisotopic (exact) mass is 184 g/mol. The fourth-order valence-corrected chi connectivity index (χ4v) is 1.42. The van der Waals surface area contributed by atoms with Gasteiger partial charge in [-0.3, -0.25) is 0 Å². The van der Waals surface area contributed by atoms with E-state index in [0.717, 1.165) is 17.1 Å². The lowest BCUT2D eigenvalue weighted by Crippen LogP contribution is -2.06. The van der Waals surface area contributed by atoms with Crippen LogP contribution in [0.5, 0.6) is 0 Å². The predicted octanol–water partition coefficient (Wildman–Crippen LogP) is 1.52. The van der Waals surface area contributed by atoms with Crippen molar-refractivity contribution >= 4 is 11.6 Å². The number of benzene rings is 1. The third kappa shape index (κ3) is 2.48. The molecule has 0 radical (unpaired) electrons. The van der Waals surface area contributed by atoms with Gasteiger partial charge in [0.1, 0.15) is 0 Å². The highest BCUT2D eigenvalue weighted by Crippen LogP contribution is 2.14. The van der Waals surface area contributed by atoms with Crippen molar-refractivity contribution in [1.82, 2.24) is 5.32 Å². The Bertz CT molecular complexity index is 261. The quantitative estimate of drug-likeness (QED) is 0.748. The molecule has 0 amide bonds. The van der Waals surface area contributed by atoms with Crippen molar-refractivity contribution in [3.63, 3.8) is 0 Å². The van der Waals surface area contributed by atoms with Gasteiger partial charge in [-0.05, 0) is 30.3 Å². The molecule has 1 aromatic rings. The Labute approximate surface area is 77.7 Å². The number of halogens is 1. The van der Waals surface area contributed by atoms with Crippen molar-refractivity contribution in [3.8, 4) is 0 Å². The highest BCUT2D eigenvalue weighted by molar-refractivity contribution is 6.30. The van der Waals surface area contributed by atoms with Crippen LogP contribution in [-0.4, -0.2) is 7.05 Å². The van der Waals surface area contributed by atoms with Crippen LogP contribution in [-0.2, 0) is 13.1 Å². The van der Waals surface area contributed by atoms with Gasteiger partial charge in [-0.15, -0.1) is 0 Å². The van der Waals surface area contributed by atoms with Crippen LogP contribution >= 0.6 is 11.6 Å². The molecule has 0 aliphatic carbocycles. The second-order valence-electron chi connectivity index (χ2n) is 2.70. The summed E-state index contributed by atoms with van der Waals surface area (Å²) in [6.45, 7) is 1.37. The Morgan fingerprint density at radius 3 is 2.58 bits per heavy atom. The maximum Gasteiger partial charge on any atom is 0.0412 e. The van der Waals surface area contributed by atoms with E-state index in [9.17, 15) is 0 Å². The molecule has 0 aliphatic heterocycles. The Balaban J connectivity index is 2.90. The molecule has 0 aromatic heterocycles. The highest BCUT2D eigenvalue weighted by Gasteiger charge is 1.96. The zero-order chi connectivity index (χ0) is 8.97. The molecule has 66 valence electrons. The summed E-state index contributed by atoms with van der Waals surface area (Å²) >= 11 is 5.88. The standard InChI is InChI=1S/C9H13ClN2/c1-12-6-8-2-7(5-11)3-9(10)4-8/h2-4,12H,5-6,11H2,1H3. The summed E-state index contributed by atoms with van der Waals surface area (Å²) in [5, 5.41) is 3.82. The fraction of sp³-hybridized carbons (Fsp3) is 0.333. The first-order chi connectivity index (χ1) is 5.76. The third-order valence-electron chi connectivity index (χ3n) is 1.63. The van der Waals surface area contributed by atoms with Crippen molar-refractivity contribution in [3.05, 3.63) is 34.3 Å². The molecule has 1 aromatic carbocycles. The van der Waals surface area contributed by atoms with E-state index in [2.05, 4.69) is 11.4 Å². The van der Waals surface area contributed by atoms with E-state index in [1.807, 2.05) is 19.2 Å². The molecular formula is C9H13ClN2. The maximum absolute atomic E-state index is 5.88. The van der Waals surface area contributed by atoms with E-state index < -0.39 is 0 Å². The largest absolute Gasteiger partial charge is 0.326 e. The lowest BCUT2D eigenvalue weighted by Gasteiger charge is -2.03. The second-order valence-corrected chi connectivity index (χ2v) is 3.14. The van der Waals surface area contributed by atoms with E-state index in [1.165, 1.54) is 5.56 Å². The Morgan fingerprint density at radius 2 is 2.00 bits per heavy atom. The Hall–Kier alpha value is -0.570. The molecule has 2 nitrogen and oxygen atoms in total. The smallest absolute Gasteiger partial charge is 0.0412 e. The summed E-state index contributed by atoms with van der Waals surface area (Å²) < 4.78 is 0. The van der Waals surface area contributed by atoms with Crippen molar-refractivity contribution in [2.45, 2.75) is 13.1 Å². The normalized spacial score (nSPS) is 10.2. The topological polar surface area (TPSA) is 38.0 Å². The van der Waals surface area contributed by atoms with Crippen LogP contribution in [0.3, 0.4) is 0 Å². The molecule has 0 heterocycles. The van der Waals surface area contributed by atoms with Gasteiger partial charge in [0, 0.05) is 18.1 Å².